The average molecular weight is 545 g/mol. The maximum Gasteiger partial charge on any atom is 0.254 e. The summed E-state index contributed by atoms with van der Waals surface area (Å²) in [6.45, 7) is 2.75. The van der Waals surface area contributed by atoms with Gasteiger partial charge >= 0.3 is 0 Å². The van der Waals surface area contributed by atoms with Gasteiger partial charge in [-0.05, 0) is 75.1 Å². The number of carbonyl (C=O) groups excluding carboxylic acids is 2. The SMILES string of the molecule is CCOc1cc(/C=N/N2C(=O)C3C4C=CC(C4)C3C2=O)cc(Br)c1OCc1cccc2ccccc12. The standard InChI is InChI=1S/C29H25BrN2O4/c1-2-35-24-13-17(15-31-32-28(33)25-19-10-11-20(14-19)26(25)29(32)34)12-23(30)27(24)36-16-21-8-5-7-18-6-3-4-9-22(18)21/h3-13,15,19-20,25-26H,2,14,16H2,1H3/b31-15+. The van der Waals surface area contributed by atoms with Crippen molar-refractivity contribution in [2.24, 2.45) is 28.8 Å². The summed E-state index contributed by atoms with van der Waals surface area (Å²) < 4.78 is 12.8. The first kappa shape index (κ1) is 23.0. The molecule has 2 fully saturated rings. The summed E-state index contributed by atoms with van der Waals surface area (Å²) in [6.07, 6.45) is 6.59. The molecule has 1 aliphatic heterocycles. The lowest BCUT2D eigenvalue weighted by atomic mass is 9.85. The summed E-state index contributed by atoms with van der Waals surface area (Å²) in [5.41, 5.74) is 1.77. The molecule has 4 unspecified atom stereocenters. The van der Waals surface area contributed by atoms with Crippen LogP contribution in [-0.4, -0.2) is 29.6 Å². The van der Waals surface area contributed by atoms with Gasteiger partial charge in [0.25, 0.3) is 11.8 Å². The fourth-order valence-corrected chi connectivity index (χ4v) is 6.33. The number of ether oxygens (including phenoxy) is 2. The molecule has 1 saturated heterocycles. The number of benzene rings is 3. The second kappa shape index (κ2) is 9.21. The highest BCUT2D eigenvalue weighted by Gasteiger charge is 2.59. The number of rotatable bonds is 7. The highest BCUT2D eigenvalue weighted by molar-refractivity contribution is 9.10. The Labute approximate surface area is 217 Å². The van der Waals surface area contributed by atoms with E-state index in [4.69, 9.17) is 9.47 Å². The van der Waals surface area contributed by atoms with Crippen LogP contribution in [0, 0.1) is 23.7 Å². The normalized spacial score (nSPS) is 24.3. The Morgan fingerprint density at radius 1 is 1.00 bits per heavy atom. The van der Waals surface area contributed by atoms with Gasteiger partial charge in [0.05, 0.1) is 29.1 Å². The Hall–Kier alpha value is -3.45. The fourth-order valence-electron chi connectivity index (χ4n) is 5.76. The van der Waals surface area contributed by atoms with E-state index in [-0.39, 0.29) is 35.5 Å². The molecule has 6 rings (SSSR count). The van der Waals surface area contributed by atoms with Gasteiger partial charge < -0.3 is 9.47 Å². The first-order valence-corrected chi connectivity index (χ1v) is 13.0. The number of imide groups is 1. The number of halogens is 1. The van der Waals surface area contributed by atoms with Crippen molar-refractivity contribution in [3.8, 4) is 11.5 Å². The number of carbonyl (C=O) groups is 2. The number of hydrogen-bond donors (Lipinski definition) is 0. The van der Waals surface area contributed by atoms with E-state index < -0.39 is 0 Å². The van der Waals surface area contributed by atoms with Crippen LogP contribution in [0.5, 0.6) is 11.5 Å². The monoisotopic (exact) mass is 544 g/mol. The summed E-state index contributed by atoms with van der Waals surface area (Å²) in [4.78, 5) is 25.8. The summed E-state index contributed by atoms with van der Waals surface area (Å²) in [5.74, 6) is 0.552. The van der Waals surface area contributed by atoms with E-state index in [0.29, 0.717) is 34.7 Å². The fraction of sp³-hybridized carbons (Fsp3) is 0.276. The second-order valence-corrected chi connectivity index (χ2v) is 10.3. The van der Waals surface area contributed by atoms with Crippen molar-refractivity contribution in [2.45, 2.75) is 20.0 Å². The highest BCUT2D eigenvalue weighted by Crippen LogP contribution is 2.52. The van der Waals surface area contributed by atoms with Gasteiger partial charge in [-0.15, -0.1) is 0 Å². The van der Waals surface area contributed by atoms with Crippen LogP contribution in [-0.2, 0) is 16.2 Å². The molecule has 4 atom stereocenters. The van der Waals surface area contributed by atoms with E-state index in [0.717, 1.165) is 27.8 Å². The van der Waals surface area contributed by atoms with Crippen molar-refractivity contribution in [1.82, 2.24) is 5.01 Å². The van der Waals surface area contributed by atoms with Gasteiger partial charge in [0.1, 0.15) is 6.61 Å². The lowest BCUT2D eigenvalue weighted by Gasteiger charge is -2.16. The molecule has 1 heterocycles. The zero-order valence-electron chi connectivity index (χ0n) is 19.8. The molecule has 0 radical (unpaired) electrons. The minimum absolute atomic E-state index is 0.161. The molecule has 2 aliphatic carbocycles. The van der Waals surface area contributed by atoms with Crippen LogP contribution < -0.4 is 9.47 Å². The first-order chi connectivity index (χ1) is 17.5. The lowest BCUT2D eigenvalue weighted by molar-refractivity contribution is -0.140. The smallest absolute Gasteiger partial charge is 0.254 e. The topological polar surface area (TPSA) is 68.2 Å². The third-order valence-electron chi connectivity index (χ3n) is 7.35. The molecule has 182 valence electrons. The van der Waals surface area contributed by atoms with E-state index in [9.17, 15) is 9.59 Å². The van der Waals surface area contributed by atoms with Crippen molar-refractivity contribution in [3.63, 3.8) is 0 Å². The highest BCUT2D eigenvalue weighted by atomic mass is 79.9. The third-order valence-corrected chi connectivity index (χ3v) is 7.94. The molecule has 3 aromatic rings. The van der Waals surface area contributed by atoms with Crippen LogP contribution in [0.25, 0.3) is 10.8 Å². The molecule has 7 heteroatoms. The Balaban J connectivity index is 1.23. The number of amides is 2. The summed E-state index contributed by atoms with van der Waals surface area (Å²) in [6, 6.07) is 18.0. The van der Waals surface area contributed by atoms with Gasteiger partial charge in [-0.3, -0.25) is 9.59 Å². The van der Waals surface area contributed by atoms with Gasteiger partial charge in [-0.1, -0.05) is 54.6 Å². The van der Waals surface area contributed by atoms with E-state index in [1.54, 1.807) is 0 Å². The maximum atomic E-state index is 12.9. The van der Waals surface area contributed by atoms with Crippen molar-refractivity contribution in [2.75, 3.05) is 6.61 Å². The zero-order valence-corrected chi connectivity index (χ0v) is 21.4. The van der Waals surface area contributed by atoms with E-state index >= 15 is 0 Å². The second-order valence-electron chi connectivity index (χ2n) is 9.42. The third kappa shape index (κ3) is 3.82. The number of hydrazone groups is 1. The van der Waals surface area contributed by atoms with Crippen molar-refractivity contribution in [1.29, 1.82) is 0 Å². The molecule has 0 N–H and O–H groups in total. The van der Waals surface area contributed by atoms with Gasteiger partial charge in [0.15, 0.2) is 11.5 Å². The minimum atomic E-state index is -0.264. The molecule has 6 nitrogen and oxygen atoms in total. The van der Waals surface area contributed by atoms with Gasteiger partial charge in [0.2, 0.25) is 0 Å². The molecular formula is C29H25BrN2O4. The van der Waals surface area contributed by atoms with Crippen LogP contribution in [0.2, 0.25) is 0 Å². The van der Waals surface area contributed by atoms with Gasteiger partial charge in [-0.2, -0.15) is 10.1 Å². The predicted molar refractivity (Wildman–Crippen MR) is 141 cm³/mol. The number of allylic oxidation sites excluding steroid dienone is 2. The van der Waals surface area contributed by atoms with Crippen molar-refractivity contribution < 1.29 is 19.1 Å². The number of hydrogen-bond acceptors (Lipinski definition) is 5. The lowest BCUT2D eigenvalue weighted by Crippen LogP contribution is -2.28. The van der Waals surface area contributed by atoms with Crippen LogP contribution in [0.1, 0.15) is 24.5 Å². The van der Waals surface area contributed by atoms with Crippen LogP contribution >= 0.6 is 15.9 Å². The first-order valence-electron chi connectivity index (χ1n) is 12.2. The Morgan fingerprint density at radius 2 is 1.72 bits per heavy atom. The Kier molecular flexibility index (Phi) is 5.88. The minimum Gasteiger partial charge on any atom is -0.490 e. The Morgan fingerprint density at radius 3 is 2.47 bits per heavy atom. The maximum absolute atomic E-state index is 12.9. The van der Waals surface area contributed by atoms with Crippen LogP contribution in [0.4, 0.5) is 0 Å². The molecule has 3 aromatic carbocycles. The molecule has 2 bridgehead atoms. The molecular weight excluding hydrogens is 520 g/mol. The predicted octanol–water partition coefficient (Wildman–Crippen LogP) is 5.72. The molecule has 0 spiro atoms. The number of fused-ring (bicyclic) bond motifs is 6. The van der Waals surface area contributed by atoms with E-state index in [2.05, 4.69) is 57.4 Å². The molecule has 3 aliphatic rings. The summed E-state index contributed by atoms with van der Waals surface area (Å²) in [5, 5.41) is 7.66. The Bertz CT molecular complexity index is 1400. The molecule has 1 saturated carbocycles. The largest absolute Gasteiger partial charge is 0.490 e. The zero-order chi connectivity index (χ0) is 24.8. The average Bonchev–Trinajstić information content (AvgIpc) is 3.56. The summed E-state index contributed by atoms with van der Waals surface area (Å²) in [7, 11) is 0. The van der Waals surface area contributed by atoms with Crippen molar-refractivity contribution >= 4 is 44.7 Å². The molecule has 2 amide bonds. The molecule has 36 heavy (non-hydrogen) atoms. The summed E-state index contributed by atoms with van der Waals surface area (Å²) >= 11 is 3.61. The molecule has 0 aromatic heterocycles. The quantitative estimate of drug-likeness (QED) is 0.216. The number of nitrogens with zero attached hydrogens (tertiary/aromatic N) is 2. The van der Waals surface area contributed by atoms with E-state index in [1.807, 2.05) is 37.3 Å². The van der Waals surface area contributed by atoms with Gasteiger partial charge in [0, 0.05) is 0 Å². The van der Waals surface area contributed by atoms with Crippen LogP contribution in [0.15, 0.2) is 76.3 Å². The van der Waals surface area contributed by atoms with Crippen molar-refractivity contribution in [3.05, 3.63) is 82.3 Å². The van der Waals surface area contributed by atoms with Gasteiger partial charge in [-0.25, -0.2) is 0 Å². The van der Waals surface area contributed by atoms with E-state index in [1.165, 1.54) is 6.21 Å². The van der Waals surface area contributed by atoms with Crippen LogP contribution in [0.3, 0.4) is 0 Å².